The van der Waals surface area contributed by atoms with Gasteiger partial charge >= 0.3 is 0 Å². The summed E-state index contributed by atoms with van der Waals surface area (Å²) in [5, 5.41) is 13.6. The van der Waals surface area contributed by atoms with Crippen LogP contribution in [0.4, 0.5) is 5.69 Å². The molecule has 0 saturated heterocycles. The molecule has 0 aliphatic heterocycles. The van der Waals surface area contributed by atoms with Gasteiger partial charge in [0.1, 0.15) is 4.47 Å². The van der Waals surface area contributed by atoms with Gasteiger partial charge in [-0.25, -0.2) is 0 Å². The second-order valence-corrected chi connectivity index (χ2v) is 5.71. The van der Waals surface area contributed by atoms with Crippen molar-refractivity contribution in [2.45, 2.75) is 19.8 Å². The Labute approximate surface area is 119 Å². The third-order valence-corrected chi connectivity index (χ3v) is 4.26. The summed E-state index contributed by atoms with van der Waals surface area (Å²) in [4.78, 5) is 22.3. The fourth-order valence-corrected chi connectivity index (χ4v) is 2.61. The van der Waals surface area contributed by atoms with Crippen molar-refractivity contribution >= 4 is 27.5 Å². The van der Waals surface area contributed by atoms with Crippen molar-refractivity contribution < 1.29 is 9.72 Å². The molecule has 5 nitrogen and oxygen atoms in total. The van der Waals surface area contributed by atoms with Crippen molar-refractivity contribution in [2.24, 2.45) is 11.8 Å². The Bertz CT molecular complexity index is 515. The molecule has 1 aliphatic carbocycles. The molecule has 1 N–H and O–H groups in total. The molecule has 0 radical (unpaired) electrons. The molecule has 102 valence electrons. The topological polar surface area (TPSA) is 72.2 Å². The molecule has 1 fully saturated rings. The molecule has 2 rings (SSSR count). The van der Waals surface area contributed by atoms with Crippen molar-refractivity contribution in [2.75, 3.05) is 6.54 Å². The van der Waals surface area contributed by atoms with Gasteiger partial charge in [-0.2, -0.15) is 0 Å². The Hall–Kier alpha value is -1.43. The smallest absolute Gasteiger partial charge is 0.284 e. The molecule has 0 spiro atoms. The molecule has 19 heavy (non-hydrogen) atoms. The molecular weight excluding hydrogens is 312 g/mol. The highest BCUT2D eigenvalue weighted by Gasteiger charge is 2.28. The van der Waals surface area contributed by atoms with E-state index in [0.717, 1.165) is 0 Å². The number of carbonyl (C=O) groups is 1. The molecule has 1 amide bonds. The number of nitrogens with zero attached hydrogens (tertiary/aromatic N) is 1. The summed E-state index contributed by atoms with van der Waals surface area (Å²) in [5.41, 5.74) is 0.208. The first-order valence-electron chi connectivity index (χ1n) is 6.21. The van der Waals surface area contributed by atoms with Crippen LogP contribution in [0.3, 0.4) is 0 Å². The summed E-state index contributed by atoms with van der Waals surface area (Å²) >= 11 is 3.13. The molecule has 0 heterocycles. The van der Waals surface area contributed by atoms with Crippen LogP contribution in [-0.2, 0) is 0 Å². The number of hydrogen-bond acceptors (Lipinski definition) is 3. The predicted molar refractivity (Wildman–Crippen MR) is 75.0 cm³/mol. The lowest BCUT2D eigenvalue weighted by Crippen LogP contribution is -2.29. The molecule has 0 aromatic heterocycles. The van der Waals surface area contributed by atoms with Gasteiger partial charge in [0.25, 0.3) is 11.6 Å². The molecular formula is C13H15BrN2O3. The van der Waals surface area contributed by atoms with E-state index in [1.807, 2.05) is 0 Å². The summed E-state index contributed by atoms with van der Waals surface area (Å²) in [6, 6.07) is 4.46. The monoisotopic (exact) mass is 326 g/mol. The van der Waals surface area contributed by atoms with E-state index in [4.69, 9.17) is 0 Å². The summed E-state index contributed by atoms with van der Waals surface area (Å²) in [5.74, 6) is 0.901. The molecule has 1 unspecified atom stereocenters. The zero-order chi connectivity index (χ0) is 14.0. The number of rotatable bonds is 5. The van der Waals surface area contributed by atoms with Crippen molar-refractivity contribution in [3.05, 3.63) is 38.3 Å². The first-order chi connectivity index (χ1) is 9.00. The number of amides is 1. The minimum atomic E-state index is -0.506. The van der Waals surface area contributed by atoms with E-state index in [-0.39, 0.29) is 16.1 Å². The van der Waals surface area contributed by atoms with Crippen LogP contribution in [0.5, 0.6) is 0 Å². The summed E-state index contributed by atoms with van der Waals surface area (Å²) in [6.45, 7) is 2.72. The SMILES string of the molecule is CC(CNC(=O)c1cccc([N+](=O)[O-])c1Br)C1CC1. The first kappa shape index (κ1) is 14.0. The average Bonchev–Trinajstić information content (AvgIpc) is 3.19. The Kier molecular flexibility index (Phi) is 4.19. The summed E-state index contributed by atoms with van der Waals surface area (Å²) in [6.07, 6.45) is 2.47. The first-order valence-corrected chi connectivity index (χ1v) is 7.01. The fourth-order valence-electron chi connectivity index (χ4n) is 2.02. The Morgan fingerprint density at radius 1 is 1.58 bits per heavy atom. The molecule has 1 aliphatic rings. The van der Waals surface area contributed by atoms with Gasteiger partial charge in [0.2, 0.25) is 0 Å². The van der Waals surface area contributed by atoms with E-state index in [2.05, 4.69) is 28.2 Å². The number of benzene rings is 1. The van der Waals surface area contributed by atoms with Crippen LogP contribution in [0.1, 0.15) is 30.1 Å². The van der Waals surface area contributed by atoms with Gasteiger partial charge in [-0.3, -0.25) is 14.9 Å². The van der Waals surface area contributed by atoms with Gasteiger partial charge in [-0.1, -0.05) is 13.0 Å². The third-order valence-electron chi connectivity index (χ3n) is 3.43. The highest BCUT2D eigenvalue weighted by atomic mass is 79.9. The van der Waals surface area contributed by atoms with Gasteiger partial charge in [0.05, 0.1) is 10.5 Å². The minimum Gasteiger partial charge on any atom is -0.352 e. The zero-order valence-corrected chi connectivity index (χ0v) is 12.1. The fraction of sp³-hybridized carbons (Fsp3) is 0.462. The summed E-state index contributed by atoms with van der Waals surface area (Å²) < 4.78 is 0.233. The van der Waals surface area contributed by atoms with E-state index in [0.29, 0.717) is 23.9 Å². The molecule has 1 aromatic rings. The largest absolute Gasteiger partial charge is 0.352 e. The van der Waals surface area contributed by atoms with Crippen LogP contribution in [0.2, 0.25) is 0 Å². The number of halogens is 1. The molecule has 1 aromatic carbocycles. The predicted octanol–water partition coefficient (Wildman–Crippen LogP) is 3.13. The van der Waals surface area contributed by atoms with Gasteiger partial charge in [-0.15, -0.1) is 0 Å². The number of hydrogen-bond donors (Lipinski definition) is 1. The van der Waals surface area contributed by atoms with Gasteiger partial charge < -0.3 is 5.32 Å². The zero-order valence-electron chi connectivity index (χ0n) is 10.6. The van der Waals surface area contributed by atoms with E-state index in [9.17, 15) is 14.9 Å². The molecule has 6 heteroatoms. The van der Waals surface area contributed by atoms with Crippen LogP contribution in [0, 0.1) is 22.0 Å². The standard InChI is InChI=1S/C13H15BrN2O3/c1-8(9-5-6-9)7-15-13(17)10-3-2-4-11(12(10)14)16(18)19/h2-4,8-9H,5-7H2,1H3,(H,15,17). The maximum atomic E-state index is 12.0. The molecule has 1 saturated carbocycles. The Morgan fingerprint density at radius 3 is 2.84 bits per heavy atom. The number of nitro groups is 1. The molecule has 1 atom stereocenters. The molecule has 0 bridgehead atoms. The lowest BCUT2D eigenvalue weighted by atomic mass is 10.1. The van der Waals surface area contributed by atoms with Crippen LogP contribution in [-0.4, -0.2) is 17.4 Å². The quantitative estimate of drug-likeness (QED) is 0.667. The highest BCUT2D eigenvalue weighted by Crippen LogP contribution is 2.36. The van der Waals surface area contributed by atoms with E-state index >= 15 is 0 Å². The number of carbonyl (C=O) groups excluding carboxylic acids is 1. The van der Waals surface area contributed by atoms with E-state index in [1.165, 1.54) is 25.0 Å². The third kappa shape index (κ3) is 3.32. The van der Waals surface area contributed by atoms with Crippen LogP contribution < -0.4 is 5.32 Å². The second kappa shape index (κ2) is 5.69. The van der Waals surface area contributed by atoms with Crippen LogP contribution in [0.15, 0.2) is 22.7 Å². The number of nitrogens with one attached hydrogen (secondary N) is 1. The van der Waals surface area contributed by atoms with E-state index in [1.54, 1.807) is 6.07 Å². The second-order valence-electron chi connectivity index (χ2n) is 4.92. The van der Waals surface area contributed by atoms with Crippen LogP contribution >= 0.6 is 15.9 Å². The normalized spacial score (nSPS) is 15.9. The van der Waals surface area contributed by atoms with E-state index < -0.39 is 4.92 Å². The lowest BCUT2D eigenvalue weighted by Gasteiger charge is -2.12. The maximum Gasteiger partial charge on any atom is 0.284 e. The highest BCUT2D eigenvalue weighted by molar-refractivity contribution is 9.10. The van der Waals surface area contributed by atoms with Gasteiger partial charge in [-0.05, 0) is 46.7 Å². The Morgan fingerprint density at radius 2 is 2.26 bits per heavy atom. The summed E-state index contributed by atoms with van der Waals surface area (Å²) in [7, 11) is 0. The minimum absolute atomic E-state index is 0.0945. The van der Waals surface area contributed by atoms with Gasteiger partial charge in [0, 0.05) is 12.6 Å². The average molecular weight is 327 g/mol. The van der Waals surface area contributed by atoms with Crippen LogP contribution in [0.25, 0.3) is 0 Å². The van der Waals surface area contributed by atoms with Crippen molar-refractivity contribution in [3.63, 3.8) is 0 Å². The van der Waals surface area contributed by atoms with Crippen molar-refractivity contribution in [1.29, 1.82) is 0 Å². The Balaban J connectivity index is 2.06. The maximum absolute atomic E-state index is 12.0. The lowest BCUT2D eigenvalue weighted by molar-refractivity contribution is -0.385. The van der Waals surface area contributed by atoms with Crippen molar-refractivity contribution in [3.8, 4) is 0 Å². The number of nitro benzene ring substituents is 1. The van der Waals surface area contributed by atoms with Gasteiger partial charge in [0.15, 0.2) is 0 Å². The van der Waals surface area contributed by atoms with Crippen molar-refractivity contribution in [1.82, 2.24) is 5.32 Å².